The Hall–Kier alpha value is -0.870. The van der Waals surface area contributed by atoms with Gasteiger partial charge in [-0.25, -0.2) is 0 Å². The Morgan fingerprint density at radius 1 is 1.40 bits per heavy atom. The molecule has 0 bridgehead atoms. The SMILES string of the molecule is CCN(CC1CCNCC1)C(=O)c1cccc(Br)c1C. The highest BCUT2D eigenvalue weighted by Gasteiger charge is 2.22. The fraction of sp³-hybridized carbons (Fsp3) is 0.562. The summed E-state index contributed by atoms with van der Waals surface area (Å²) in [6.45, 7) is 7.86. The molecule has 110 valence electrons. The number of carbonyl (C=O) groups is 1. The molecule has 1 fully saturated rings. The summed E-state index contributed by atoms with van der Waals surface area (Å²) in [5.74, 6) is 0.789. The van der Waals surface area contributed by atoms with Crippen molar-refractivity contribution in [1.29, 1.82) is 0 Å². The van der Waals surface area contributed by atoms with Crippen LogP contribution in [-0.2, 0) is 0 Å². The summed E-state index contributed by atoms with van der Waals surface area (Å²) in [7, 11) is 0. The number of rotatable bonds is 4. The van der Waals surface area contributed by atoms with Crippen molar-refractivity contribution in [3.63, 3.8) is 0 Å². The van der Waals surface area contributed by atoms with E-state index < -0.39 is 0 Å². The molecule has 0 saturated carbocycles. The second-order valence-corrected chi connectivity index (χ2v) is 6.30. The van der Waals surface area contributed by atoms with Gasteiger partial charge in [0.1, 0.15) is 0 Å². The highest BCUT2D eigenvalue weighted by molar-refractivity contribution is 9.10. The molecule has 0 atom stereocenters. The summed E-state index contributed by atoms with van der Waals surface area (Å²) in [6.07, 6.45) is 2.34. The average molecular weight is 339 g/mol. The molecule has 4 heteroatoms. The predicted molar refractivity (Wildman–Crippen MR) is 86.1 cm³/mol. The summed E-state index contributed by atoms with van der Waals surface area (Å²) in [5.41, 5.74) is 1.84. The van der Waals surface area contributed by atoms with Crippen molar-refractivity contribution in [3.05, 3.63) is 33.8 Å². The van der Waals surface area contributed by atoms with Crippen LogP contribution in [0.5, 0.6) is 0 Å². The van der Waals surface area contributed by atoms with Crippen LogP contribution in [0.4, 0.5) is 0 Å². The molecule has 0 aromatic heterocycles. The predicted octanol–water partition coefficient (Wildman–Crippen LogP) is 3.22. The van der Waals surface area contributed by atoms with E-state index in [1.807, 2.05) is 30.0 Å². The smallest absolute Gasteiger partial charge is 0.254 e. The van der Waals surface area contributed by atoms with Gasteiger partial charge in [-0.15, -0.1) is 0 Å². The second kappa shape index (κ2) is 7.23. The van der Waals surface area contributed by atoms with E-state index in [0.29, 0.717) is 5.92 Å². The van der Waals surface area contributed by atoms with Crippen molar-refractivity contribution in [2.45, 2.75) is 26.7 Å². The molecule has 1 aliphatic heterocycles. The quantitative estimate of drug-likeness (QED) is 0.914. The van der Waals surface area contributed by atoms with Gasteiger partial charge in [0.2, 0.25) is 0 Å². The highest BCUT2D eigenvalue weighted by atomic mass is 79.9. The van der Waals surface area contributed by atoms with Gasteiger partial charge in [0.05, 0.1) is 0 Å². The largest absolute Gasteiger partial charge is 0.339 e. The van der Waals surface area contributed by atoms with E-state index in [4.69, 9.17) is 0 Å². The van der Waals surface area contributed by atoms with Crippen LogP contribution < -0.4 is 5.32 Å². The van der Waals surface area contributed by atoms with Crippen molar-refractivity contribution in [3.8, 4) is 0 Å². The fourth-order valence-corrected chi connectivity index (χ4v) is 3.11. The minimum Gasteiger partial charge on any atom is -0.339 e. The van der Waals surface area contributed by atoms with Crippen LogP contribution in [-0.4, -0.2) is 37.0 Å². The number of amides is 1. The zero-order chi connectivity index (χ0) is 14.5. The first-order valence-corrected chi connectivity index (χ1v) is 8.18. The Balaban J connectivity index is 2.10. The van der Waals surface area contributed by atoms with Gasteiger partial charge < -0.3 is 10.2 Å². The van der Waals surface area contributed by atoms with Gasteiger partial charge in [0, 0.05) is 23.1 Å². The van der Waals surface area contributed by atoms with Gasteiger partial charge in [-0.3, -0.25) is 4.79 Å². The molecule has 0 unspecified atom stereocenters. The molecule has 0 aliphatic carbocycles. The van der Waals surface area contributed by atoms with Crippen LogP contribution in [0.2, 0.25) is 0 Å². The lowest BCUT2D eigenvalue weighted by molar-refractivity contribution is 0.0726. The maximum Gasteiger partial charge on any atom is 0.254 e. The van der Waals surface area contributed by atoms with Crippen LogP contribution >= 0.6 is 15.9 Å². The number of benzene rings is 1. The van der Waals surface area contributed by atoms with Gasteiger partial charge >= 0.3 is 0 Å². The molecule has 1 aromatic carbocycles. The van der Waals surface area contributed by atoms with Crippen LogP contribution in [0, 0.1) is 12.8 Å². The minimum atomic E-state index is 0.157. The fourth-order valence-electron chi connectivity index (χ4n) is 2.74. The van der Waals surface area contributed by atoms with Crippen molar-refractivity contribution in [1.82, 2.24) is 10.2 Å². The maximum absolute atomic E-state index is 12.7. The Bertz CT molecular complexity index is 470. The van der Waals surface area contributed by atoms with Gasteiger partial charge in [0.15, 0.2) is 0 Å². The maximum atomic E-state index is 12.7. The molecular weight excluding hydrogens is 316 g/mol. The van der Waals surface area contributed by atoms with Gasteiger partial charge in [-0.05, 0) is 63.4 Å². The van der Waals surface area contributed by atoms with Gasteiger partial charge in [-0.1, -0.05) is 22.0 Å². The summed E-state index contributed by atoms with van der Waals surface area (Å²) in [6, 6.07) is 5.84. The van der Waals surface area contributed by atoms with Crippen LogP contribution in [0.1, 0.15) is 35.7 Å². The Morgan fingerprint density at radius 2 is 2.10 bits per heavy atom. The Kier molecular flexibility index (Phi) is 5.61. The number of halogens is 1. The molecular formula is C16H23BrN2O. The first-order chi connectivity index (χ1) is 9.63. The van der Waals surface area contributed by atoms with Crippen molar-refractivity contribution < 1.29 is 4.79 Å². The van der Waals surface area contributed by atoms with E-state index >= 15 is 0 Å². The first kappa shape index (κ1) is 15.5. The molecule has 0 spiro atoms. The minimum absolute atomic E-state index is 0.157. The number of hydrogen-bond donors (Lipinski definition) is 1. The molecule has 2 rings (SSSR count). The molecule has 1 aliphatic rings. The van der Waals surface area contributed by atoms with E-state index in [-0.39, 0.29) is 5.91 Å². The third-order valence-electron chi connectivity index (χ3n) is 4.10. The van der Waals surface area contributed by atoms with Crippen molar-refractivity contribution >= 4 is 21.8 Å². The molecule has 3 nitrogen and oxygen atoms in total. The summed E-state index contributed by atoms with van der Waals surface area (Å²) >= 11 is 3.50. The van der Waals surface area contributed by atoms with Crippen LogP contribution in [0.3, 0.4) is 0 Å². The van der Waals surface area contributed by atoms with E-state index in [9.17, 15) is 4.79 Å². The van der Waals surface area contributed by atoms with Crippen molar-refractivity contribution in [2.24, 2.45) is 5.92 Å². The summed E-state index contributed by atoms with van der Waals surface area (Å²) in [4.78, 5) is 14.7. The number of nitrogens with zero attached hydrogens (tertiary/aromatic N) is 1. The van der Waals surface area contributed by atoms with Gasteiger partial charge in [-0.2, -0.15) is 0 Å². The normalized spacial score (nSPS) is 16.1. The topological polar surface area (TPSA) is 32.3 Å². The molecule has 1 saturated heterocycles. The molecule has 1 aromatic rings. The molecule has 20 heavy (non-hydrogen) atoms. The number of carbonyl (C=O) groups excluding carboxylic acids is 1. The van der Waals surface area contributed by atoms with Gasteiger partial charge in [0.25, 0.3) is 5.91 Å². The van der Waals surface area contributed by atoms with Crippen LogP contribution in [0.15, 0.2) is 22.7 Å². The average Bonchev–Trinajstić information content (AvgIpc) is 2.48. The molecule has 1 heterocycles. The standard InChI is InChI=1S/C16H23BrN2O/c1-3-19(11-13-7-9-18-10-8-13)16(20)14-5-4-6-15(17)12(14)2/h4-6,13,18H,3,7-11H2,1-2H3. The number of piperidine rings is 1. The highest BCUT2D eigenvalue weighted by Crippen LogP contribution is 2.22. The van der Waals surface area contributed by atoms with Crippen LogP contribution in [0.25, 0.3) is 0 Å². The van der Waals surface area contributed by atoms with E-state index in [1.165, 1.54) is 12.8 Å². The lowest BCUT2D eigenvalue weighted by Gasteiger charge is -2.30. The zero-order valence-corrected chi connectivity index (χ0v) is 13.9. The van der Waals surface area contributed by atoms with E-state index in [0.717, 1.165) is 41.8 Å². The Labute approximate surface area is 129 Å². The molecule has 1 amide bonds. The monoisotopic (exact) mass is 338 g/mol. The summed E-state index contributed by atoms with van der Waals surface area (Å²) in [5, 5.41) is 3.37. The zero-order valence-electron chi connectivity index (χ0n) is 12.3. The molecule has 1 N–H and O–H groups in total. The lowest BCUT2D eigenvalue weighted by Crippen LogP contribution is -2.39. The van der Waals surface area contributed by atoms with E-state index in [2.05, 4.69) is 28.2 Å². The third kappa shape index (κ3) is 3.61. The first-order valence-electron chi connectivity index (χ1n) is 7.38. The number of hydrogen-bond acceptors (Lipinski definition) is 2. The lowest BCUT2D eigenvalue weighted by atomic mass is 9.97. The van der Waals surface area contributed by atoms with Crippen molar-refractivity contribution in [2.75, 3.05) is 26.2 Å². The third-order valence-corrected chi connectivity index (χ3v) is 4.96. The number of nitrogens with one attached hydrogen (secondary N) is 1. The second-order valence-electron chi connectivity index (χ2n) is 5.45. The molecule has 0 radical (unpaired) electrons. The Morgan fingerprint density at radius 3 is 2.75 bits per heavy atom. The summed E-state index contributed by atoms with van der Waals surface area (Å²) < 4.78 is 1.00. The van der Waals surface area contributed by atoms with E-state index in [1.54, 1.807) is 0 Å².